The molecule has 3 N–H and O–H groups in total. The average molecular weight is 220 g/mol. The zero-order valence-corrected chi connectivity index (χ0v) is 9.10. The Morgan fingerprint density at radius 3 is 2.69 bits per heavy atom. The van der Waals surface area contributed by atoms with Crippen molar-refractivity contribution in [3.8, 4) is 0 Å². The van der Waals surface area contributed by atoms with Crippen LogP contribution in [0.15, 0.2) is 18.6 Å². The van der Waals surface area contributed by atoms with Crippen LogP contribution in [0.1, 0.15) is 36.2 Å². The highest BCUT2D eigenvalue weighted by atomic mass is 16.1. The van der Waals surface area contributed by atoms with Crippen LogP contribution in [0, 0.1) is 0 Å². The van der Waals surface area contributed by atoms with Crippen LogP contribution < -0.4 is 11.1 Å². The molecule has 1 heterocycles. The predicted molar refractivity (Wildman–Crippen MR) is 59.7 cm³/mol. The Kier molecular flexibility index (Phi) is 3.46. The largest absolute Gasteiger partial charge is 0.348 e. The Hall–Kier alpha value is -1.49. The van der Waals surface area contributed by atoms with Crippen molar-refractivity contribution in [1.82, 2.24) is 15.3 Å². The summed E-state index contributed by atoms with van der Waals surface area (Å²) in [6.45, 7) is 0. The Balaban J connectivity index is 1.88. The highest BCUT2D eigenvalue weighted by Gasteiger charge is 2.20. The van der Waals surface area contributed by atoms with E-state index in [1.807, 2.05) is 0 Å². The van der Waals surface area contributed by atoms with Crippen molar-refractivity contribution >= 4 is 5.91 Å². The average Bonchev–Trinajstić information content (AvgIpc) is 2.33. The zero-order valence-electron chi connectivity index (χ0n) is 9.10. The summed E-state index contributed by atoms with van der Waals surface area (Å²) in [4.78, 5) is 19.6. The van der Waals surface area contributed by atoms with E-state index in [2.05, 4.69) is 15.3 Å². The Morgan fingerprint density at radius 2 is 2.06 bits per heavy atom. The van der Waals surface area contributed by atoms with Gasteiger partial charge < -0.3 is 11.1 Å². The molecule has 0 spiro atoms. The second-order valence-electron chi connectivity index (χ2n) is 4.18. The first kappa shape index (κ1) is 11.0. The molecule has 5 heteroatoms. The van der Waals surface area contributed by atoms with Crippen molar-refractivity contribution in [2.45, 2.75) is 37.8 Å². The first-order chi connectivity index (χ1) is 7.75. The molecule has 0 unspecified atom stereocenters. The number of aromatic nitrogens is 2. The maximum atomic E-state index is 11.7. The van der Waals surface area contributed by atoms with Crippen LogP contribution >= 0.6 is 0 Å². The lowest BCUT2D eigenvalue weighted by atomic mass is 9.92. The SMILES string of the molecule is NC1CCC(NC(=O)c2cnccn2)CC1. The van der Waals surface area contributed by atoms with Crippen LogP contribution in [-0.2, 0) is 0 Å². The maximum absolute atomic E-state index is 11.7. The predicted octanol–water partition coefficient (Wildman–Crippen LogP) is 0.476. The topological polar surface area (TPSA) is 80.9 Å². The molecule has 1 fully saturated rings. The summed E-state index contributed by atoms with van der Waals surface area (Å²) in [5.41, 5.74) is 6.18. The number of nitrogens with two attached hydrogens (primary N) is 1. The van der Waals surface area contributed by atoms with Gasteiger partial charge in [0.1, 0.15) is 5.69 Å². The first-order valence-electron chi connectivity index (χ1n) is 5.58. The number of rotatable bonds is 2. The summed E-state index contributed by atoms with van der Waals surface area (Å²) in [7, 11) is 0. The number of hydrogen-bond donors (Lipinski definition) is 2. The van der Waals surface area contributed by atoms with E-state index in [4.69, 9.17) is 5.73 Å². The van der Waals surface area contributed by atoms with Crippen molar-refractivity contribution in [3.63, 3.8) is 0 Å². The molecule has 5 nitrogen and oxygen atoms in total. The lowest BCUT2D eigenvalue weighted by Crippen LogP contribution is -2.40. The minimum atomic E-state index is -0.145. The van der Waals surface area contributed by atoms with Gasteiger partial charge in [0.25, 0.3) is 5.91 Å². The van der Waals surface area contributed by atoms with Gasteiger partial charge in [0.2, 0.25) is 0 Å². The molecule has 0 saturated heterocycles. The van der Waals surface area contributed by atoms with Crippen molar-refractivity contribution in [1.29, 1.82) is 0 Å². The second-order valence-corrected chi connectivity index (χ2v) is 4.18. The summed E-state index contributed by atoms with van der Waals surface area (Å²) < 4.78 is 0. The molecule has 1 aromatic heterocycles. The highest BCUT2D eigenvalue weighted by molar-refractivity contribution is 5.92. The summed E-state index contributed by atoms with van der Waals surface area (Å²) in [6, 6.07) is 0.527. The van der Waals surface area contributed by atoms with E-state index >= 15 is 0 Å². The van der Waals surface area contributed by atoms with Gasteiger partial charge in [-0.2, -0.15) is 0 Å². The van der Waals surface area contributed by atoms with Crippen LogP contribution in [0.3, 0.4) is 0 Å². The van der Waals surface area contributed by atoms with E-state index in [1.165, 1.54) is 12.4 Å². The Bertz CT molecular complexity index is 346. The minimum Gasteiger partial charge on any atom is -0.348 e. The molecular formula is C11H16N4O. The van der Waals surface area contributed by atoms with Crippen LogP contribution in [0.25, 0.3) is 0 Å². The lowest BCUT2D eigenvalue weighted by Gasteiger charge is -2.26. The quantitative estimate of drug-likeness (QED) is 0.759. The normalized spacial score (nSPS) is 25.1. The smallest absolute Gasteiger partial charge is 0.271 e. The molecule has 0 atom stereocenters. The maximum Gasteiger partial charge on any atom is 0.271 e. The van der Waals surface area contributed by atoms with Gasteiger partial charge in [-0.1, -0.05) is 0 Å². The molecule has 2 rings (SSSR count). The third kappa shape index (κ3) is 2.76. The van der Waals surface area contributed by atoms with Crippen LogP contribution in [0.2, 0.25) is 0 Å². The van der Waals surface area contributed by atoms with E-state index in [-0.39, 0.29) is 11.9 Å². The van der Waals surface area contributed by atoms with Crippen molar-refractivity contribution in [2.75, 3.05) is 0 Å². The van der Waals surface area contributed by atoms with Gasteiger partial charge in [-0.05, 0) is 25.7 Å². The first-order valence-corrected chi connectivity index (χ1v) is 5.58. The van der Waals surface area contributed by atoms with E-state index in [1.54, 1.807) is 6.20 Å². The molecule has 1 aliphatic rings. The highest BCUT2D eigenvalue weighted by Crippen LogP contribution is 2.17. The number of carbonyl (C=O) groups excluding carboxylic acids is 1. The van der Waals surface area contributed by atoms with E-state index in [0.717, 1.165) is 25.7 Å². The molecule has 1 amide bonds. The third-order valence-corrected chi connectivity index (χ3v) is 2.90. The van der Waals surface area contributed by atoms with Crippen LogP contribution in [0.4, 0.5) is 0 Å². The van der Waals surface area contributed by atoms with Gasteiger partial charge in [0, 0.05) is 24.5 Å². The standard InChI is InChI=1S/C11H16N4O/c12-8-1-3-9(4-2-8)15-11(16)10-7-13-5-6-14-10/h5-9H,1-4,12H2,(H,15,16). The summed E-state index contributed by atoms with van der Waals surface area (Å²) in [6.07, 6.45) is 8.41. The van der Waals surface area contributed by atoms with Gasteiger partial charge in [-0.25, -0.2) is 4.98 Å². The minimum absolute atomic E-state index is 0.145. The molecule has 0 aliphatic heterocycles. The fourth-order valence-corrected chi connectivity index (χ4v) is 1.94. The summed E-state index contributed by atoms with van der Waals surface area (Å²) in [5.74, 6) is -0.145. The van der Waals surface area contributed by atoms with Gasteiger partial charge in [0.05, 0.1) is 6.20 Å². The van der Waals surface area contributed by atoms with Gasteiger partial charge in [0.15, 0.2) is 0 Å². The van der Waals surface area contributed by atoms with Crippen LogP contribution in [0.5, 0.6) is 0 Å². The lowest BCUT2D eigenvalue weighted by molar-refractivity contribution is 0.0920. The fourth-order valence-electron chi connectivity index (χ4n) is 1.94. The number of amides is 1. The number of nitrogens with zero attached hydrogens (tertiary/aromatic N) is 2. The fraction of sp³-hybridized carbons (Fsp3) is 0.545. The van der Waals surface area contributed by atoms with Crippen molar-refractivity contribution in [2.24, 2.45) is 5.73 Å². The molecule has 1 aliphatic carbocycles. The summed E-state index contributed by atoms with van der Waals surface area (Å²) in [5, 5.41) is 2.96. The molecule has 16 heavy (non-hydrogen) atoms. The summed E-state index contributed by atoms with van der Waals surface area (Å²) >= 11 is 0. The third-order valence-electron chi connectivity index (χ3n) is 2.90. The van der Waals surface area contributed by atoms with Crippen molar-refractivity contribution in [3.05, 3.63) is 24.3 Å². The molecule has 0 bridgehead atoms. The molecule has 86 valence electrons. The number of hydrogen-bond acceptors (Lipinski definition) is 4. The van der Waals surface area contributed by atoms with E-state index < -0.39 is 0 Å². The number of nitrogens with one attached hydrogen (secondary N) is 1. The van der Waals surface area contributed by atoms with Crippen LogP contribution in [-0.4, -0.2) is 28.0 Å². The molecule has 0 aromatic carbocycles. The van der Waals surface area contributed by atoms with Gasteiger partial charge in [-0.15, -0.1) is 0 Å². The molecular weight excluding hydrogens is 204 g/mol. The second kappa shape index (κ2) is 5.03. The van der Waals surface area contributed by atoms with E-state index in [9.17, 15) is 4.79 Å². The van der Waals surface area contributed by atoms with Crippen molar-refractivity contribution < 1.29 is 4.79 Å². The molecule has 0 radical (unpaired) electrons. The van der Waals surface area contributed by atoms with Gasteiger partial charge in [-0.3, -0.25) is 9.78 Å². The van der Waals surface area contributed by atoms with E-state index in [0.29, 0.717) is 11.7 Å². The zero-order chi connectivity index (χ0) is 11.4. The molecule has 1 aromatic rings. The molecule has 1 saturated carbocycles. The van der Waals surface area contributed by atoms with Gasteiger partial charge >= 0.3 is 0 Å². The monoisotopic (exact) mass is 220 g/mol. The number of carbonyl (C=O) groups is 1. The Morgan fingerprint density at radius 1 is 1.31 bits per heavy atom. The Labute approximate surface area is 94.5 Å².